The SMILES string of the molecule is Cc1cc2nc(NC3=NCN(CCN4CCOCC4)CN3)nc(C)c2cc1C. The van der Waals surface area contributed by atoms with Gasteiger partial charge in [0.25, 0.3) is 0 Å². The van der Waals surface area contributed by atoms with E-state index in [2.05, 4.69) is 61.4 Å². The van der Waals surface area contributed by atoms with E-state index in [-0.39, 0.29) is 0 Å². The van der Waals surface area contributed by atoms with Crippen molar-refractivity contribution in [1.82, 2.24) is 25.1 Å². The lowest BCUT2D eigenvalue weighted by molar-refractivity contribution is 0.0331. The number of guanidine groups is 1. The van der Waals surface area contributed by atoms with E-state index in [0.717, 1.165) is 68.6 Å². The van der Waals surface area contributed by atoms with Crippen LogP contribution in [0.4, 0.5) is 5.95 Å². The largest absolute Gasteiger partial charge is 0.379 e. The quantitative estimate of drug-likeness (QED) is 0.828. The third-order valence-electron chi connectivity index (χ3n) is 5.47. The van der Waals surface area contributed by atoms with Crippen LogP contribution in [0.2, 0.25) is 0 Å². The predicted octanol–water partition coefficient (Wildman–Crippen LogP) is 1.48. The van der Waals surface area contributed by atoms with E-state index in [4.69, 9.17) is 4.74 Å². The molecule has 1 aromatic heterocycles. The Labute approximate surface area is 166 Å². The van der Waals surface area contributed by atoms with Gasteiger partial charge in [-0.3, -0.25) is 15.1 Å². The van der Waals surface area contributed by atoms with Gasteiger partial charge in [-0.2, -0.15) is 0 Å². The summed E-state index contributed by atoms with van der Waals surface area (Å²) in [6.45, 7) is 13.5. The van der Waals surface area contributed by atoms with Gasteiger partial charge in [-0.25, -0.2) is 15.0 Å². The highest BCUT2D eigenvalue weighted by Crippen LogP contribution is 2.21. The first kappa shape index (κ1) is 19.0. The molecule has 1 saturated heterocycles. The lowest BCUT2D eigenvalue weighted by Crippen LogP contribution is -2.49. The van der Waals surface area contributed by atoms with Crippen LogP contribution in [0.3, 0.4) is 0 Å². The molecule has 0 spiro atoms. The predicted molar refractivity (Wildman–Crippen MR) is 112 cm³/mol. The molecule has 0 bridgehead atoms. The van der Waals surface area contributed by atoms with Gasteiger partial charge in [0.15, 0.2) is 0 Å². The Bertz CT molecular complexity index is 876. The van der Waals surface area contributed by atoms with Gasteiger partial charge >= 0.3 is 0 Å². The summed E-state index contributed by atoms with van der Waals surface area (Å²) in [5.74, 6) is 1.31. The lowest BCUT2D eigenvalue weighted by atomic mass is 10.1. The number of ether oxygens (including phenoxy) is 1. The van der Waals surface area contributed by atoms with Gasteiger partial charge in [-0.1, -0.05) is 0 Å². The molecule has 0 atom stereocenters. The lowest BCUT2D eigenvalue weighted by Gasteiger charge is -2.31. The van der Waals surface area contributed by atoms with Crippen molar-refractivity contribution in [2.45, 2.75) is 20.8 Å². The Kier molecular flexibility index (Phi) is 5.70. The fraction of sp³-hybridized carbons (Fsp3) is 0.550. The first-order chi connectivity index (χ1) is 13.6. The van der Waals surface area contributed by atoms with E-state index in [1.165, 1.54) is 11.1 Å². The molecule has 0 saturated carbocycles. The number of morpholine rings is 1. The second kappa shape index (κ2) is 8.38. The van der Waals surface area contributed by atoms with Crippen LogP contribution in [0.1, 0.15) is 16.8 Å². The van der Waals surface area contributed by atoms with Crippen LogP contribution >= 0.6 is 0 Å². The van der Waals surface area contributed by atoms with E-state index in [1.54, 1.807) is 0 Å². The maximum atomic E-state index is 5.40. The number of hydrogen-bond acceptors (Lipinski definition) is 8. The van der Waals surface area contributed by atoms with E-state index in [9.17, 15) is 0 Å². The molecule has 28 heavy (non-hydrogen) atoms. The molecule has 8 nitrogen and oxygen atoms in total. The minimum Gasteiger partial charge on any atom is -0.379 e. The molecule has 2 aliphatic rings. The Morgan fingerprint density at radius 1 is 1.04 bits per heavy atom. The summed E-state index contributed by atoms with van der Waals surface area (Å²) < 4.78 is 5.40. The Morgan fingerprint density at radius 2 is 1.79 bits per heavy atom. The molecule has 0 amide bonds. The van der Waals surface area contributed by atoms with E-state index < -0.39 is 0 Å². The molecule has 150 valence electrons. The van der Waals surface area contributed by atoms with Crippen molar-refractivity contribution in [3.8, 4) is 0 Å². The molecule has 8 heteroatoms. The van der Waals surface area contributed by atoms with Crippen LogP contribution in [0.25, 0.3) is 10.9 Å². The van der Waals surface area contributed by atoms with Crippen molar-refractivity contribution in [2.75, 3.05) is 58.0 Å². The third-order valence-corrected chi connectivity index (χ3v) is 5.47. The summed E-state index contributed by atoms with van der Waals surface area (Å²) in [5, 5.41) is 7.67. The summed E-state index contributed by atoms with van der Waals surface area (Å²) >= 11 is 0. The number of rotatable bonds is 4. The Morgan fingerprint density at radius 3 is 2.54 bits per heavy atom. The van der Waals surface area contributed by atoms with Crippen LogP contribution in [0.5, 0.6) is 0 Å². The fourth-order valence-corrected chi connectivity index (χ4v) is 3.51. The summed E-state index contributed by atoms with van der Waals surface area (Å²) in [4.78, 5) is 18.6. The molecule has 3 heterocycles. The molecule has 2 aromatic rings. The highest BCUT2D eigenvalue weighted by atomic mass is 16.5. The van der Waals surface area contributed by atoms with Crippen LogP contribution in [0, 0.1) is 20.8 Å². The van der Waals surface area contributed by atoms with Crippen LogP contribution < -0.4 is 10.6 Å². The molecule has 2 aliphatic heterocycles. The molecule has 0 aliphatic carbocycles. The summed E-state index contributed by atoms with van der Waals surface area (Å²) in [7, 11) is 0. The van der Waals surface area contributed by atoms with Crippen molar-refractivity contribution >= 4 is 22.8 Å². The summed E-state index contributed by atoms with van der Waals surface area (Å²) in [6.07, 6.45) is 0. The van der Waals surface area contributed by atoms with Crippen molar-refractivity contribution in [3.05, 3.63) is 29.0 Å². The highest BCUT2D eigenvalue weighted by molar-refractivity contribution is 5.93. The number of aliphatic imine (C=N–C) groups is 1. The average molecular weight is 384 g/mol. The monoisotopic (exact) mass is 383 g/mol. The number of nitrogens with one attached hydrogen (secondary N) is 2. The van der Waals surface area contributed by atoms with Crippen molar-refractivity contribution < 1.29 is 4.74 Å². The average Bonchev–Trinajstić information content (AvgIpc) is 2.70. The standard InChI is InChI=1S/C20H29N7O/c1-14-10-17-16(3)23-20(24-18(17)11-15(14)2)25-19-21-12-27(13-22-19)5-4-26-6-8-28-9-7-26/h10-11H,4-9,12-13H2,1-3H3,(H2,21,22,23,24,25). The number of benzene rings is 1. The Hall–Kier alpha value is -2.29. The minimum absolute atomic E-state index is 0.585. The Balaban J connectivity index is 1.37. The molecule has 1 fully saturated rings. The molecule has 1 aromatic carbocycles. The van der Waals surface area contributed by atoms with Gasteiger partial charge in [0.2, 0.25) is 11.9 Å². The highest BCUT2D eigenvalue weighted by Gasteiger charge is 2.16. The van der Waals surface area contributed by atoms with Gasteiger partial charge in [0.05, 0.1) is 37.8 Å². The molecular formula is C20H29N7O. The minimum atomic E-state index is 0.585. The zero-order valence-corrected chi connectivity index (χ0v) is 17.0. The van der Waals surface area contributed by atoms with E-state index >= 15 is 0 Å². The molecular weight excluding hydrogens is 354 g/mol. The zero-order chi connectivity index (χ0) is 19.5. The summed E-state index contributed by atoms with van der Waals surface area (Å²) in [5.41, 5.74) is 4.43. The second-order valence-corrected chi connectivity index (χ2v) is 7.54. The number of aryl methyl sites for hydroxylation is 3. The van der Waals surface area contributed by atoms with Crippen molar-refractivity contribution in [3.63, 3.8) is 0 Å². The van der Waals surface area contributed by atoms with Crippen molar-refractivity contribution in [2.24, 2.45) is 4.99 Å². The maximum Gasteiger partial charge on any atom is 0.230 e. The third kappa shape index (κ3) is 4.40. The molecule has 4 rings (SSSR count). The first-order valence-corrected chi connectivity index (χ1v) is 9.92. The molecule has 0 radical (unpaired) electrons. The number of hydrogen-bond donors (Lipinski definition) is 2. The smallest absolute Gasteiger partial charge is 0.230 e. The van der Waals surface area contributed by atoms with Crippen LogP contribution in [-0.4, -0.2) is 78.5 Å². The second-order valence-electron chi connectivity index (χ2n) is 7.54. The number of anilines is 1. The number of aromatic nitrogens is 2. The van der Waals surface area contributed by atoms with Gasteiger partial charge in [0, 0.05) is 31.6 Å². The maximum absolute atomic E-state index is 5.40. The molecule has 2 N–H and O–H groups in total. The van der Waals surface area contributed by atoms with Gasteiger partial charge in [0.1, 0.15) is 0 Å². The van der Waals surface area contributed by atoms with E-state index in [1.807, 2.05) is 6.92 Å². The van der Waals surface area contributed by atoms with Crippen LogP contribution in [0.15, 0.2) is 17.1 Å². The normalized spacial score (nSPS) is 18.8. The number of fused-ring (bicyclic) bond motifs is 1. The summed E-state index contributed by atoms with van der Waals surface area (Å²) in [6, 6.07) is 4.28. The topological polar surface area (TPSA) is 77.9 Å². The van der Waals surface area contributed by atoms with E-state index in [0.29, 0.717) is 12.6 Å². The van der Waals surface area contributed by atoms with Crippen LogP contribution in [-0.2, 0) is 4.74 Å². The number of nitrogens with zero attached hydrogens (tertiary/aromatic N) is 5. The van der Waals surface area contributed by atoms with Gasteiger partial charge in [-0.05, 0) is 44.0 Å². The fourth-order valence-electron chi connectivity index (χ4n) is 3.51. The zero-order valence-electron chi connectivity index (χ0n) is 17.0. The van der Waals surface area contributed by atoms with Gasteiger partial charge in [-0.15, -0.1) is 0 Å². The van der Waals surface area contributed by atoms with Gasteiger partial charge < -0.3 is 10.1 Å². The first-order valence-electron chi connectivity index (χ1n) is 9.92. The molecule has 0 unspecified atom stereocenters. The van der Waals surface area contributed by atoms with Crippen molar-refractivity contribution in [1.29, 1.82) is 0 Å².